The van der Waals surface area contributed by atoms with E-state index in [1.165, 1.54) is 0 Å². The van der Waals surface area contributed by atoms with E-state index in [1.54, 1.807) is 0 Å². The van der Waals surface area contributed by atoms with E-state index in [4.69, 9.17) is 5.73 Å². The third kappa shape index (κ3) is 0.655. The lowest BCUT2D eigenvalue weighted by Crippen LogP contribution is -2.33. The van der Waals surface area contributed by atoms with Crippen LogP contribution in [0.15, 0.2) is 0 Å². The third-order valence-electron chi connectivity index (χ3n) is 3.20. The molecule has 0 atom stereocenters. The molecule has 2 nitrogen and oxygen atoms in total. The Labute approximate surface area is 60.8 Å². The summed E-state index contributed by atoms with van der Waals surface area (Å²) in [6, 6.07) is 0. The largest absolute Gasteiger partial charge is 0.325 e. The van der Waals surface area contributed by atoms with Crippen molar-refractivity contribution in [3.05, 3.63) is 0 Å². The fourth-order valence-electron chi connectivity index (χ4n) is 2.46. The normalized spacial score (nSPS) is 51.7. The smallest absolute Gasteiger partial charge is 0.126 e. The van der Waals surface area contributed by atoms with E-state index >= 15 is 0 Å². The zero-order chi connectivity index (χ0) is 7.24. The second-order valence-corrected chi connectivity index (χ2v) is 4.02. The first-order valence-corrected chi connectivity index (χ1v) is 3.93. The number of carbonyl (C=O) groups excluding carboxylic acids is 1. The predicted molar refractivity (Wildman–Crippen MR) is 38.5 cm³/mol. The molecular formula is C8H13NO. The van der Waals surface area contributed by atoms with Crippen LogP contribution >= 0.6 is 0 Å². The lowest BCUT2D eigenvalue weighted by atomic mass is 9.86. The minimum atomic E-state index is 0.00868. The van der Waals surface area contributed by atoms with Gasteiger partial charge in [-0.05, 0) is 32.1 Å². The molecule has 2 heteroatoms. The van der Waals surface area contributed by atoms with Crippen molar-refractivity contribution in [3.8, 4) is 0 Å². The van der Waals surface area contributed by atoms with Crippen molar-refractivity contribution in [2.75, 3.05) is 0 Å². The Balaban J connectivity index is 2.26. The van der Waals surface area contributed by atoms with Crippen LogP contribution in [-0.2, 0) is 4.79 Å². The van der Waals surface area contributed by atoms with E-state index in [0.29, 0.717) is 0 Å². The average Bonchev–Trinajstić information content (AvgIpc) is 2.42. The van der Waals surface area contributed by atoms with Crippen molar-refractivity contribution < 1.29 is 4.79 Å². The highest BCUT2D eigenvalue weighted by molar-refractivity contribution is 5.61. The van der Waals surface area contributed by atoms with Crippen molar-refractivity contribution in [1.29, 1.82) is 0 Å². The third-order valence-corrected chi connectivity index (χ3v) is 3.20. The summed E-state index contributed by atoms with van der Waals surface area (Å²) in [6.45, 7) is 0. The summed E-state index contributed by atoms with van der Waals surface area (Å²) in [7, 11) is 0. The molecule has 0 amide bonds. The number of fused-ring (bicyclic) bond motifs is 2. The molecule has 56 valence electrons. The maximum atomic E-state index is 10.7. The molecule has 0 spiro atoms. The first-order chi connectivity index (χ1) is 4.68. The van der Waals surface area contributed by atoms with Crippen LogP contribution in [-0.4, -0.2) is 11.8 Å². The Morgan fingerprint density at radius 1 is 1.20 bits per heavy atom. The van der Waals surface area contributed by atoms with Crippen molar-refractivity contribution in [3.63, 3.8) is 0 Å². The summed E-state index contributed by atoms with van der Waals surface area (Å²) < 4.78 is 0. The van der Waals surface area contributed by atoms with E-state index in [1.807, 2.05) is 0 Å². The van der Waals surface area contributed by atoms with Gasteiger partial charge in [0, 0.05) is 11.0 Å². The quantitative estimate of drug-likeness (QED) is 0.547. The maximum Gasteiger partial charge on any atom is 0.126 e. The Morgan fingerprint density at radius 2 is 1.80 bits per heavy atom. The first-order valence-electron chi connectivity index (χ1n) is 3.93. The minimum absolute atomic E-state index is 0.00868. The number of carbonyl (C=O) groups is 1. The second-order valence-electron chi connectivity index (χ2n) is 4.02. The highest BCUT2D eigenvalue weighted by Gasteiger charge is 2.51. The fourth-order valence-corrected chi connectivity index (χ4v) is 2.46. The van der Waals surface area contributed by atoms with Gasteiger partial charge in [0.2, 0.25) is 0 Å². The molecule has 0 heterocycles. The fraction of sp³-hybridized carbons (Fsp3) is 0.875. The number of hydrogen-bond acceptors (Lipinski definition) is 2. The molecule has 0 aromatic carbocycles. The zero-order valence-electron chi connectivity index (χ0n) is 6.10. The average molecular weight is 139 g/mol. The summed E-state index contributed by atoms with van der Waals surface area (Å²) in [5.74, 6) is 0. The van der Waals surface area contributed by atoms with Crippen LogP contribution in [0.25, 0.3) is 0 Å². The molecule has 0 aromatic rings. The lowest BCUT2D eigenvalue weighted by Gasteiger charge is -2.20. The van der Waals surface area contributed by atoms with Gasteiger partial charge in [-0.1, -0.05) is 0 Å². The van der Waals surface area contributed by atoms with Crippen LogP contribution in [0.3, 0.4) is 0 Å². The summed E-state index contributed by atoms with van der Waals surface area (Å²) in [4.78, 5) is 10.7. The Kier molecular flexibility index (Phi) is 1.03. The summed E-state index contributed by atoms with van der Waals surface area (Å²) in [6.07, 6.45) is 6.27. The van der Waals surface area contributed by atoms with Crippen LogP contribution in [0.4, 0.5) is 0 Å². The van der Waals surface area contributed by atoms with E-state index in [-0.39, 0.29) is 11.0 Å². The zero-order valence-corrected chi connectivity index (χ0v) is 6.10. The van der Waals surface area contributed by atoms with Gasteiger partial charge >= 0.3 is 0 Å². The molecule has 2 aliphatic carbocycles. The Hall–Kier alpha value is -0.370. The standard InChI is InChI=1S/C8H13NO/c9-8-3-1-7(5-8,6-10)2-4-8/h6H,1-5,9H2. The Morgan fingerprint density at radius 3 is 2.00 bits per heavy atom. The molecular weight excluding hydrogens is 126 g/mol. The number of rotatable bonds is 1. The van der Waals surface area contributed by atoms with Crippen molar-refractivity contribution in [2.45, 2.75) is 37.6 Å². The molecule has 2 N–H and O–H groups in total. The van der Waals surface area contributed by atoms with Crippen LogP contribution in [0, 0.1) is 5.41 Å². The van der Waals surface area contributed by atoms with Gasteiger partial charge in [-0.3, -0.25) is 0 Å². The monoisotopic (exact) mass is 139 g/mol. The van der Waals surface area contributed by atoms with Crippen molar-refractivity contribution in [1.82, 2.24) is 0 Å². The molecule has 2 bridgehead atoms. The van der Waals surface area contributed by atoms with E-state index in [2.05, 4.69) is 0 Å². The van der Waals surface area contributed by atoms with Crippen LogP contribution in [0.5, 0.6) is 0 Å². The minimum Gasteiger partial charge on any atom is -0.325 e. The second kappa shape index (κ2) is 1.62. The van der Waals surface area contributed by atoms with Gasteiger partial charge in [-0.25, -0.2) is 0 Å². The molecule has 2 saturated carbocycles. The van der Waals surface area contributed by atoms with E-state index in [9.17, 15) is 4.79 Å². The number of hydrogen-bond donors (Lipinski definition) is 1. The highest BCUT2D eigenvalue weighted by Crippen LogP contribution is 2.53. The molecule has 0 saturated heterocycles. The van der Waals surface area contributed by atoms with Gasteiger partial charge in [0.1, 0.15) is 6.29 Å². The highest BCUT2D eigenvalue weighted by atomic mass is 16.1. The van der Waals surface area contributed by atoms with Crippen LogP contribution in [0.1, 0.15) is 32.1 Å². The number of aldehydes is 1. The molecule has 10 heavy (non-hydrogen) atoms. The van der Waals surface area contributed by atoms with Gasteiger partial charge in [-0.2, -0.15) is 0 Å². The predicted octanol–water partition coefficient (Wildman–Crippen LogP) is 0.847. The van der Waals surface area contributed by atoms with Crippen molar-refractivity contribution in [2.24, 2.45) is 11.1 Å². The van der Waals surface area contributed by atoms with Gasteiger partial charge in [0.25, 0.3) is 0 Å². The van der Waals surface area contributed by atoms with Gasteiger partial charge in [-0.15, -0.1) is 0 Å². The molecule has 0 unspecified atom stereocenters. The van der Waals surface area contributed by atoms with Gasteiger partial charge in [0.05, 0.1) is 0 Å². The van der Waals surface area contributed by atoms with Crippen LogP contribution in [0.2, 0.25) is 0 Å². The molecule has 2 rings (SSSR count). The van der Waals surface area contributed by atoms with Gasteiger partial charge < -0.3 is 10.5 Å². The molecule has 0 radical (unpaired) electrons. The summed E-state index contributed by atoms with van der Waals surface area (Å²) in [5, 5.41) is 0. The Bertz CT molecular complexity index is 168. The SMILES string of the molecule is NC12CCC(C=O)(CC1)C2. The number of nitrogens with two attached hydrogens (primary N) is 1. The molecule has 0 aromatic heterocycles. The van der Waals surface area contributed by atoms with Crippen molar-refractivity contribution >= 4 is 6.29 Å². The molecule has 2 aliphatic rings. The summed E-state index contributed by atoms with van der Waals surface area (Å²) >= 11 is 0. The maximum absolute atomic E-state index is 10.7. The van der Waals surface area contributed by atoms with E-state index < -0.39 is 0 Å². The van der Waals surface area contributed by atoms with Gasteiger partial charge in [0.15, 0.2) is 0 Å². The van der Waals surface area contributed by atoms with Crippen LogP contribution < -0.4 is 5.73 Å². The topological polar surface area (TPSA) is 43.1 Å². The summed E-state index contributed by atoms with van der Waals surface area (Å²) in [5.41, 5.74) is 6.05. The first kappa shape index (κ1) is 6.35. The lowest BCUT2D eigenvalue weighted by molar-refractivity contribution is -0.115. The molecule has 2 fully saturated rings. The molecule has 0 aliphatic heterocycles. The van der Waals surface area contributed by atoms with E-state index in [0.717, 1.165) is 38.4 Å².